The molecule has 2 aromatic heterocycles. The molecule has 0 aliphatic rings. The van der Waals surface area contributed by atoms with Gasteiger partial charge in [0.15, 0.2) is 11.6 Å². The Morgan fingerprint density at radius 3 is 2.61 bits per heavy atom. The van der Waals surface area contributed by atoms with Gasteiger partial charge in [-0.05, 0) is 70.9 Å². The van der Waals surface area contributed by atoms with E-state index in [0.29, 0.717) is 0 Å². The SMILES string of the molecule is Cc1ccc2nc(-c3ccc(-c4ccc(Br)cc4Br)o3)[nH]c2c1. The van der Waals surface area contributed by atoms with Gasteiger partial charge >= 0.3 is 0 Å². The summed E-state index contributed by atoms with van der Waals surface area (Å²) in [5, 5.41) is 0. The van der Waals surface area contributed by atoms with Crippen LogP contribution in [0.25, 0.3) is 33.9 Å². The number of hydrogen-bond acceptors (Lipinski definition) is 2. The van der Waals surface area contributed by atoms with Gasteiger partial charge in [-0.15, -0.1) is 0 Å². The molecule has 0 amide bonds. The monoisotopic (exact) mass is 430 g/mol. The minimum atomic E-state index is 0.726. The summed E-state index contributed by atoms with van der Waals surface area (Å²) in [5.41, 5.74) is 4.16. The number of imidazole rings is 1. The molecule has 5 heteroatoms. The second-order valence-electron chi connectivity index (χ2n) is 5.39. The third-order valence-corrected chi connectivity index (χ3v) is 4.82. The van der Waals surface area contributed by atoms with E-state index < -0.39 is 0 Å². The van der Waals surface area contributed by atoms with Crippen molar-refractivity contribution in [2.45, 2.75) is 6.92 Å². The molecule has 4 aromatic rings. The van der Waals surface area contributed by atoms with Gasteiger partial charge in [0.25, 0.3) is 0 Å². The highest BCUT2D eigenvalue weighted by Crippen LogP contribution is 2.34. The highest BCUT2D eigenvalue weighted by Gasteiger charge is 2.13. The van der Waals surface area contributed by atoms with Crippen LogP contribution in [0.1, 0.15) is 5.56 Å². The maximum absolute atomic E-state index is 6.00. The zero-order valence-electron chi connectivity index (χ0n) is 12.2. The number of aryl methyl sites for hydroxylation is 1. The molecular weight excluding hydrogens is 420 g/mol. The summed E-state index contributed by atoms with van der Waals surface area (Å²) in [6.45, 7) is 2.07. The van der Waals surface area contributed by atoms with E-state index in [1.807, 2.05) is 36.4 Å². The number of benzene rings is 2. The minimum absolute atomic E-state index is 0.726. The topological polar surface area (TPSA) is 41.8 Å². The van der Waals surface area contributed by atoms with Crippen molar-refractivity contribution in [2.24, 2.45) is 0 Å². The lowest BCUT2D eigenvalue weighted by Crippen LogP contribution is -1.78. The lowest BCUT2D eigenvalue weighted by atomic mass is 10.2. The number of fused-ring (bicyclic) bond motifs is 1. The predicted octanol–water partition coefficient (Wildman–Crippen LogP) is 6.32. The fourth-order valence-corrected chi connectivity index (χ4v) is 3.78. The summed E-state index contributed by atoms with van der Waals surface area (Å²) >= 11 is 7.03. The molecule has 0 bridgehead atoms. The number of halogens is 2. The van der Waals surface area contributed by atoms with E-state index >= 15 is 0 Å². The van der Waals surface area contributed by atoms with Crippen molar-refractivity contribution in [3.63, 3.8) is 0 Å². The molecule has 1 N–H and O–H groups in total. The first-order chi connectivity index (χ1) is 11.1. The molecule has 3 nitrogen and oxygen atoms in total. The molecule has 2 aromatic carbocycles. The van der Waals surface area contributed by atoms with Gasteiger partial charge in [0, 0.05) is 14.5 Å². The molecule has 0 spiro atoms. The maximum Gasteiger partial charge on any atom is 0.174 e. The van der Waals surface area contributed by atoms with Crippen molar-refractivity contribution in [2.75, 3.05) is 0 Å². The average Bonchev–Trinajstić information content (AvgIpc) is 3.12. The number of rotatable bonds is 2. The van der Waals surface area contributed by atoms with Crippen molar-refractivity contribution in [1.29, 1.82) is 0 Å². The molecule has 2 heterocycles. The van der Waals surface area contributed by atoms with E-state index in [-0.39, 0.29) is 0 Å². The zero-order valence-corrected chi connectivity index (χ0v) is 15.4. The van der Waals surface area contributed by atoms with Crippen LogP contribution >= 0.6 is 31.9 Å². The highest BCUT2D eigenvalue weighted by atomic mass is 79.9. The highest BCUT2D eigenvalue weighted by molar-refractivity contribution is 9.11. The van der Waals surface area contributed by atoms with Crippen LogP contribution in [0.2, 0.25) is 0 Å². The second-order valence-corrected chi connectivity index (χ2v) is 7.16. The van der Waals surface area contributed by atoms with Crippen LogP contribution in [0.5, 0.6) is 0 Å². The van der Waals surface area contributed by atoms with Crippen LogP contribution in [-0.2, 0) is 0 Å². The molecule has 0 aliphatic carbocycles. The van der Waals surface area contributed by atoms with Gasteiger partial charge < -0.3 is 9.40 Å². The maximum atomic E-state index is 6.00. The summed E-state index contributed by atoms with van der Waals surface area (Å²) in [7, 11) is 0. The number of aromatic amines is 1. The zero-order chi connectivity index (χ0) is 16.0. The first-order valence-electron chi connectivity index (χ1n) is 7.12. The molecule has 0 aliphatic heterocycles. The standard InChI is InChI=1S/C18H12Br2N2O/c1-10-2-5-14-15(8-10)22-18(21-14)17-7-6-16(23-17)12-4-3-11(19)9-13(12)20/h2-9H,1H3,(H,21,22). The Balaban J connectivity index is 1.76. The molecule has 0 saturated heterocycles. The van der Waals surface area contributed by atoms with E-state index in [4.69, 9.17) is 4.42 Å². The van der Waals surface area contributed by atoms with Crippen LogP contribution in [0.4, 0.5) is 0 Å². The van der Waals surface area contributed by atoms with Crippen molar-refractivity contribution >= 4 is 42.9 Å². The Morgan fingerprint density at radius 2 is 1.78 bits per heavy atom. The average molecular weight is 432 g/mol. The summed E-state index contributed by atoms with van der Waals surface area (Å²) in [4.78, 5) is 7.92. The Labute approximate surface area is 150 Å². The third-order valence-electron chi connectivity index (χ3n) is 3.67. The quantitative estimate of drug-likeness (QED) is 0.403. The van der Waals surface area contributed by atoms with Crippen molar-refractivity contribution in [1.82, 2.24) is 9.97 Å². The van der Waals surface area contributed by atoms with Crippen molar-refractivity contribution < 1.29 is 4.42 Å². The van der Waals surface area contributed by atoms with E-state index in [9.17, 15) is 0 Å². The number of aromatic nitrogens is 2. The van der Waals surface area contributed by atoms with Crippen LogP contribution in [-0.4, -0.2) is 9.97 Å². The van der Waals surface area contributed by atoms with E-state index in [2.05, 4.69) is 60.9 Å². The van der Waals surface area contributed by atoms with Crippen LogP contribution < -0.4 is 0 Å². The van der Waals surface area contributed by atoms with Crippen LogP contribution in [0.3, 0.4) is 0 Å². The fourth-order valence-electron chi connectivity index (χ4n) is 2.54. The fraction of sp³-hybridized carbons (Fsp3) is 0.0556. The number of H-pyrrole nitrogens is 1. The van der Waals surface area contributed by atoms with Gasteiger partial charge in [0.2, 0.25) is 0 Å². The van der Waals surface area contributed by atoms with E-state index in [1.54, 1.807) is 0 Å². The van der Waals surface area contributed by atoms with Gasteiger partial charge in [-0.3, -0.25) is 0 Å². The Morgan fingerprint density at radius 1 is 0.957 bits per heavy atom. The molecule has 0 unspecified atom stereocenters. The van der Waals surface area contributed by atoms with Crippen LogP contribution in [0, 0.1) is 6.92 Å². The van der Waals surface area contributed by atoms with E-state index in [1.165, 1.54) is 5.56 Å². The Bertz CT molecular complexity index is 1020. The first-order valence-corrected chi connectivity index (χ1v) is 8.71. The number of nitrogens with one attached hydrogen (secondary N) is 1. The molecule has 23 heavy (non-hydrogen) atoms. The molecular formula is C18H12Br2N2O. The Kier molecular flexibility index (Phi) is 3.62. The lowest BCUT2D eigenvalue weighted by Gasteiger charge is -2.01. The van der Waals surface area contributed by atoms with Crippen molar-refractivity contribution in [3.8, 4) is 22.9 Å². The van der Waals surface area contributed by atoms with Gasteiger partial charge in [-0.1, -0.05) is 22.0 Å². The lowest BCUT2D eigenvalue weighted by molar-refractivity contribution is 0.593. The van der Waals surface area contributed by atoms with Crippen LogP contribution in [0.15, 0.2) is 61.9 Å². The predicted molar refractivity (Wildman–Crippen MR) is 99.4 cm³/mol. The number of hydrogen-bond donors (Lipinski definition) is 1. The van der Waals surface area contributed by atoms with E-state index in [0.717, 1.165) is 42.9 Å². The summed E-state index contributed by atoms with van der Waals surface area (Å²) in [6, 6.07) is 16.1. The normalized spacial score (nSPS) is 11.3. The van der Waals surface area contributed by atoms with Gasteiger partial charge in [0.05, 0.1) is 11.0 Å². The molecule has 4 rings (SSSR count). The molecule has 0 atom stereocenters. The third kappa shape index (κ3) is 2.75. The number of furan rings is 1. The smallest absolute Gasteiger partial charge is 0.174 e. The summed E-state index contributed by atoms with van der Waals surface area (Å²) < 4.78 is 8.00. The summed E-state index contributed by atoms with van der Waals surface area (Å²) in [5.74, 6) is 2.27. The van der Waals surface area contributed by atoms with Crippen molar-refractivity contribution in [3.05, 3.63) is 63.0 Å². The van der Waals surface area contributed by atoms with Gasteiger partial charge in [0.1, 0.15) is 5.76 Å². The number of nitrogens with zero attached hydrogens (tertiary/aromatic N) is 1. The first kappa shape index (κ1) is 14.7. The molecule has 0 fully saturated rings. The molecule has 0 saturated carbocycles. The largest absolute Gasteiger partial charge is 0.453 e. The Hall–Kier alpha value is -1.85. The minimum Gasteiger partial charge on any atom is -0.453 e. The molecule has 0 radical (unpaired) electrons. The summed E-state index contributed by atoms with van der Waals surface area (Å²) in [6.07, 6.45) is 0. The second kappa shape index (κ2) is 5.65. The molecule has 114 valence electrons. The van der Waals surface area contributed by atoms with Gasteiger partial charge in [-0.25, -0.2) is 4.98 Å². The van der Waals surface area contributed by atoms with Gasteiger partial charge in [-0.2, -0.15) is 0 Å².